The lowest BCUT2D eigenvalue weighted by Crippen LogP contribution is -2.48. The fourth-order valence-corrected chi connectivity index (χ4v) is 1.50. The summed E-state index contributed by atoms with van der Waals surface area (Å²) in [6, 6.07) is 0. The fourth-order valence-electron chi connectivity index (χ4n) is 1.46. The van der Waals surface area contributed by atoms with Crippen LogP contribution >= 0.6 is 12.2 Å². The molecule has 1 rings (SSSR count). The lowest BCUT2D eigenvalue weighted by Gasteiger charge is -2.23. The Bertz CT molecular complexity index is 667. The van der Waals surface area contributed by atoms with Crippen LogP contribution in [0, 0.1) is 0 Å². The Balaban J connectivity index is 2.99. The maximum absolute atomic E-state index is 11.9. The van der Waals surface area contributed by atoms with Crippen molar-refractivity contribution in [1.29, 1.82) is 0 Å². The van der Waals surface area contributed by atoms with Crippen molar-refractivity contribution in [2.75, 3.05) is 0 Å². The molecule has 0 bridgehead atoms. The van der Waals surface area contributed by atoms with Crippen LogP contribution in [0.2, 0.25) is 0 Å². The van der Waals surface area contributed by atoms with Crippen LogP contribution in [0.5, 0.6) is 0 Å². The van der Waals surface area contributed by atoms with Gasteiger partial charge in [-0.05, 0) is 12.2 Å². The summed E-state index contributed by atoms with van der Waals surface area (Å²) >= 11 is 4.34. The summed E-state index contributed by atoms with van der Waals surface area (Å²) in [5.41, 5.74) is 3.70. The van der Waals surface area contributed by atoms with Gasteiger partial charge in [-0.3, -0.25) is 0 Å². The lowest BCUT2D eigenvalue weighted by atomic mass is 9.96. The van der Waals surface area contributed by atoms with Crippen molar-refractivity contribution in [3.63, 3.8) is 0 Å². The predicted molar refractivity (Wildman–Crippen MR) is 76.6 cm³/mol. The third kappa shape index (κ3) is 6.29. The molecule has 16 heteroatoms. The molecule has 27 heavy (non-hydrogen) atoms. The lowest BCUT2D eigenvalue weighted by molar-refractivity contribution is -0.288. The molecule has 1 aliphatic rings. The minimum absolute atomic E-state index is 0.482. The second-order valence-electron chi connectivity index (χ2n) is 4.85. The number of nitrogens with one attached hydrogen (secondary N) is 1. The molecule has 1 saturated heterocycles. The van der Waals surface area contributed by atoms with E-state index >= 15 is 0 Å². The topological polar surface area (TPSA) is 230 Å². The number of carbonyl (C=O) groups excluding carboxylic acids is 5. The summed E-state index contributed by atoms with van der Waals surface area (Å²) in [5.74, 6) is -8.47. The zero-order valence-corrected chi connectivity index (χ0v) is 13.8. The fraction of sp³-hybridized carbons (Fsp3) is 0.455. The van der Waals surface area contributed by atoms with Crippen LogP contribution in [-0.4, -0.2) is 68.1 Å². The molecule has 1 fully saturated rings. The number of hydrogen-bond acceptors (Lipinski definition) is 14. The molecule has 0 amide bonds. The number of aliphatic hydroxyl groups is 3. The number of hydroxylamine groups is 1. The van der Waals surface area contributed by atoms with Gasteiger partial charge in [0.25, 0.3) is 0 Å². The van der Waals surface area contributed by atoms with E-state index in [0.717, 1.165) is 0 Å². The quantitative estimate of drug-likeness (QED) is 0.163. The summed E-state index contributed by atoms with van der Waals surface area (Å²) in [5, 5.41) is 28.3. The van der Waals surface area contributed by atoms with E-state index in [1.54, 1.807) is 5.48 Å². The Morgan fingerprint density at radius 2 is 1.67 bits per heavy atom. The minimum atomic E-state index is -3.03. The number of carbonyl (C=O) groups is 5. The van der Waals surface area contributed by atoms with Gasteiger partial charge in [-0.15, -0.1) is 0 Å². The Labute approximate surface area is 153 Å². The average Bonchev–Trinajstić information content (AvgIpc) is 2.59. The molecule has 1 aliphatic heterocycles. The van der Waals surface area contributed by atoms with Crippen LogP contribution in [0.3, 0.4) is 0 Å². The van der Waals surface area contributed by atoms with Gasteiger partial charge in [0.1, 0.15) is 0 Å². The number of hydrogen-bond donors (Lipinski definition) is 5. The maximum atomic E-state index is 11.9. The van der Waals surface area contributed by atoms with Gasteiger partial charge < -0.3 is 25.9 Å². The van der Waals surface area contributed by atoms with Crippen LogP contribution < -0.4 is 11.2 Å². The van der Waals surface area contributed by atoms with Crippen LogP contribution in [-0.2, 0) is 48.4 Å². The van der Waals surface area contributed by atoms with Gasteiger partial charge in [0, 0.05) is 0 Å². The van der Waals surface area contributed by atoms with Gasteiger partial charge in [0.2, 0.25) is 0 Å². The standard InChI is InChI=1S/C11H12N2O13S/c12-10(27)13-22-3(14)1-11(21)2-4(15)23-24-7(18)5(16)6(17)8(19)25-26-9(11)20/h5-6,16-17,21H,1-2H2,(H3,12,13,27). The van der Waals surface area contributed by atoms with E-state index in [4.69, 9.17) is 5.73 Å². The molecule has 150 valence electrons. The van der Waals surface area contributed by atoms with Crippen molar-refractivity contribution in [1.82, 2.24) is 5.48 Å². The van der Waals surface area contributed by atoms with E-state index in [2.05, 4.69) is 36.6 Å². The van der Waals surface area contributed by atoms with Gasteiger partial charge in [0.05, 0.1) is 12.8 Å². The van der Waals surface area contributed by atoms with Crippen molar-refractivity contribution in [3.05, 3.63) is 0 Å². The molecule has 0 aromatic carbocycles. The molecule has 0 aromatic heterocycles. The molecule has 0 saturated carbocycles. The smallest absolute Gasteiger partial charge is 0.378 e. The van der Waals surface area contributed by atoms with Gasteiger partial charge in [-0.25, -0.2) is 43.5 Å². The van der Waals surface area contributed by atoms with Gasteiger partial charge >= 0.3 is 29.8 Å². The third-order valence-electron chi connectivity index (χ3n) is 2.72. The Morgan fingerprint density at radius 3 is 2.19 bits per heavy atom. The normalized spacial score (nSPS) is 26.9. The summed E-state index contributed by atoms with van der Waals surface area (Å²) in [4.78, 5) is 77.5. The second-order valence-corrected chi connectivity index (χ2v) is 5.29. The van der Waals surface area contributed by atoms with Gasteiger partial charge in [0.15, 0.2) is 22.9 Å². The van der Waals surface area contributed by atoms with E-state index in [0.29, 0.717) is 0 Å². The number of thiocarbonyl (C=S) groups is 1. The SMILES string of the molecule is NC(=S)NOC(=O)CC1(O)CC(=O)OOC(=O)C(O)C(O)C(=O)OOC1=O. The highest BCUT2D eigenvalue weighted by atomic mass is 32.1. The van der Waals surface area contributed by atoms with E-state index in [1.165, 1.54) is 0 Å². The molecular weight excluding hydrogens is 400 g/mol. The number of aliphatic hydroxyl groups excluding tert-OH is 2. The second kappa shape index (κ2) is 9.03. The zero-order chi connectivity index (χ0) is 20.8. The molecule has 0 radical (unpaired) electrons. The average molecular weight is 412 g/mol. The summed E-state index contributed by atoms with van der Waals surface area (Å²) in [6.07, 6.45) is -7.77. The van der Waals surface area contributed by atoms with Crippen molar-refractivity contribution >= 4 is 47.2 Å². The monoisotopic (exact) mass is 412 g/mol. The summed E-state index contributed by atoms with van der Waals surface area (Å²) in [7, 11) is 0. The minimum Gasteiger partial charge on any atom is -0.378 e. The molecule has 6 N–H and O–H groups in total. The third-order valence-corrected chi connectivity index (χ3v) is 2.80. The molecule has 3 unspecified atom stereocenters. The molecule has 1 heterocycles. The van der Waals surface area contributed by atoms with Crippen molar-refractivity contribution in [2.45, 2.75) is 30.7 Å². The highest BCUT2D eigenvalue weighted by Gasteiger charge is 2.47. The van der Waals surface area contributed by atoms with E-state index in [-0.39, 0.29) is 0 Å². The van der Waals surface area contributed by atoms with Crippen LogP contribution in [0.25, 0.3) is 0 Å². The van der Waals surface area contributed by atoms with Gasteiger partial charge in [-0.2, -0.15) is 5.48 Å². The van der Waals surface area contributed by atoms with Gasteiger partial charge in [-0.1, -0.05) is 0 Å². The van der Waals surface area contributed by atoms with Crippen LogP contribution in [0.1, 0.15) is 12.8 Å². The largest absolute Gasteiger partial charge is 0.387 e. The Hall–Kier alpha value is -3.08. The first-order valence-corrected chi connectivity index (χ1v) is 7.04. The molecule has 0 aliphatic carbocycles. The van der Waals surface area contributed by atoms with E-state index < -0.39 is 65.6 Å². The summed E-state index contributed by atoms with van der Waals surface area (Å²) < 4.78 is 0. The Kier molecular flexibility index (Phi) is 7.35. The number of rotatable bonds is 2. The zero-order valence-electron chi connectivity index (χ0n) is 13.0. The predicted octanol–water partition coefficient (Wildman–Crippen LogP) is -4.47. The Morgan fingerprint density at radius 1 is 1.15 bits per heavy atom. The van der Waals surface area contributed by atoms with Crippen LogP contribution in [0.15, 0.2) is 0 Å². The van der Waals surface area contributed by atoms with Crippen molar-refractivity contribution in [2.24, 2.45) is 5.73 Å². The first-order chi connectivity index (χ1) is 12.5. The first-order valence-electron chi connectivity index (χ1n) is 6.64. The maximum Gasteiger partial charge on any atom is 0.387 e. The van der Waals surface area contributed by atoms with Crippen molar-refractivity contribution < 1.29 is 63.7 Å². The molecule has 3 atom stereocenters. The first kappa shape index (κ1) is 22.0. The van der Waals surface area contributed by atoms with Crippen LogP contribution in [0.4, 0.5) is 0 Å². The molecular formula is C11H12N2O13S. The van der Waals surface area contributed by atoms with E-state index in [1.807, 2.05) is 0 Å². The molecule has 15 nitrogen and oxygen atoms in total. The highest BCUT2D eigenvalue weighted by Crippen LogP contribution is 2.20. The van der Waals surface area contributed by atoms with E-state index in [9.17, 15) is 39.3 Å². The molecule has 0 spiro atoms. The summed E-state index contributed by atoms with van der Waals surface area (Å²) in [6.45, 7) is 0. The molecule has 0 aromatic rings. The highest BCUT2D eigenvalue weighted by molar-refractivity contribution is 7.80. The van der Waals surface area contributed by atoms with Crippen molar-refractivity contribution in [3.8, 4) is 0 Å². The number of nitrogens with two attached hydrogens (primary N) is 1.